The highest BCUT2D eigenvalue weighted by Crippen LogP contribution is 2.38. The fourth-order valence-corrected chi connectivity index (χ4v) is 1.86. The Morgan fingerprint density at radius 1 is 1.24 bits per heavy atom. The number of hydrogen-bond donors (Lipinski definition) is 0. The Morgan fingerprint density at radius 3 is 2.29 bits per heavy atom. The zero-order valence-corrected chi connectivity index (χ0v) is 11.3. The van der Waals surface area contributed by atoms with E-state index in [1.54, 1.807) is 19.2 Å². The van der Waals surface area contributed by atoms with Crippen molar-refractivity contribution in [1.29, 1.82) is 5.39 Å². The van der Waals surface area contributed by atoms with Crippen molar-refractivity contribution in [2.45, 2.75) is 0 Å². The molecule has 5 nitrogen and oxygen atoms in total. The Kier molecular flexibility index (Phi) is 6.23. The van der Waals surface area contributed by atoms with E-state index in [0.717, 1.165) is 24.5 Å². The van der Waals surface area contributed by atoms with Crippen LogP contribution in [0.2, 0.25) is 0 Å². The minimum Gasteiger partial charge on any atom is -0.494 e. The number of morpholine rings is 1. The molecular formula is C11H14BF4N3O2. The summed E-state index contributed by atoms with van der Waals surface area (Å²) in [5.41, 5.74) is 1.36. The second kappa shape index (κ2) is 7.68. The summed E-state index contributed by atoms with van der Waals surface area (Å²) in [4.78, 5) is 5.40. The molecule has 0 aliphatic carbocycles. The molecule has 0 unspecified atom stereocenters. The fourth-order valence-electron chi connectivity index (χ4n) is 1.86. The lowest BCUT2D eigenvalue weighted by atomic mass is 10.2. The van der Waals surface area contributed by atoms with Gasteiger partial charge in [-0.25, -0.2) is 0 Å². The van der Waals surface area contributed by atoms with Crippen molar-refractivity contribution in [3.05, 3.63) is 23.2 Å². The van der Waals surface area contributed by atoms with Crippen LogP contribution in [-0.4, -0.2) is 40.7 Å². The number of methoxy groups -OCH3 is 1. The molecule has 116 valence electrons. The van der Waals surface area contributed by atoms with Gasteiger partial charge in [0.2, 0.25) is 5.39 Å². The molecule has 0 N–H and O–H groups in total. The number of nitrogens with zero attached hydrogens (tertiary/aromatic N) is 3. The number of halogens is 4. The predicted octanol–water partition coefficient (Wildman–Crippen LogP) is 3.32. The smallest absolute Gasteiger partial charge is 0.494 e. The highest BCUT2D eigenvalue weighted by atomic mass is 19.5. The number of benzene rings is 1. The third-order valence-electron chi connectivity index (χ3n) is 2.63. The van der Waals surface area contributed by atoms with Gasteiger partial charge in [-0.2, -0.15) is 0 Å². The van der Waals surface area contributed by atoms with Crippen molar-refractivity contribution in [3.63, 3.8) is 0 Å². The summed E-state index contributed by atoms with van der Waals surface area (Å²) in [6.07, 6.45) is 0. The topological polar surface area (TPSA) is 49.8 Å². The average Bonchev–Trinajstić information content (AvgIpc) is 2.45. The quantitative estimate of drug-likeness (QED) is 0.478. The molecule has 0 atom stereocenters. The largest absolute Gasteiger partial charge is 0.673 e. The van der Waals surface area contributed by atoms with Crippen LogP contribution in [0, 0.1) is 5.39 Å². The Labute approximate surface area is 119 Å². The molecule has 1 aliphatic rings. The molecule has 1 fully saturated rings. The Morgan fingerprint density at radius 2 is 1.81 bits per heavy atom. The van der Waals surface area contributed by atoms with Crippen LogP contribution in [0.5, 0.6) is 5.75 Å². The third kappa shape index (κ3) is 5.87. The Balaban J connectivity index is 0.000000383. The summed E-state index contributed by atoms with van der Waals surface area (Å²) in [6, 6.07) is 5.42. The first kappa shape index (κ1) is 17.0. The molecule has 0 radical (unpaired) electrons. The second-order valence-electron chi connectivity index (χ2n) is 4.02. The van der Waals surface area contributed by atoms with E-state index in [9.17, 15) is 17.3 Å². The molecule has 1 heterocycles. The monoisotopic (exact) mass is 307 g/mol. The molecule has 0 amide bonds. The maximum atomic E-state index is 9.75. The zero-order valence-electron chi connectivity index (χ0n) is 11.3. The van der Waals surface area contributed by atoms with Gasteiger partial charge in [0.25, 0.3) is 0 Å². The second-order valence-corrected chi connectivity index (χ2v) is 4.02. The van der Waals surface area contributed by atoms with Crippen LogP contribution in [0.4, 0.5) is 28.6 Å². The molecule has 0 saturated carbocycles. The van der Waals surface area contributed by atoms with Crippen molar-refractivity contribution >= 4 is 18.6 Å². The van der Waals surface area contributed by atoms with Gasteiger partial charge in [0, 0.05) is 19.2 Å². The minimum atomic E-state index is -6.00. The van der Waals surface area contributed by atoms with Gasteiger partial charge in [0.15, 0.2) is 16.4 Å². The van der Waals surface area contributed by atoms with E-state index in [4.69, 9.17) is 14.9 Å². The lowest BCUT2D eigenvalue weighted by Crippen LogP contribution is -2.36. The van der Waals surface area contributed by atoms with Crippen LogP contribution < -0.4 is 9.64 Å². The van der Waals surface area contributed by atoms with Crippen LogP contribution in [0.25, 0.3) is 4.98 Å². The van der Waals surface area contributed by atoms with Gasteiger partial charge in [-0.3, -0.25) is 0 Å². The molecule has 10 heteroatoms. The van der Waals surface area contributed by atoms with Crippen LogP contribution in [0.15, 0.2) is 18.2 Å². The summed E-state index contributed by atoms with van der Waals surface area (Å²) in [5.74, 6) is 0.720. The predicted molar refractivity (Wildman–Crippen MR) is 71.0 cm³/mol. The minimum absolute atomic E-state index is 0.529. The van der Waals surface area contributed by atoms with Crippen molar-refractivity contribution in [2.24, 2.45) is 0 Å². The SMILES string of the molecule is COc1cccc([N+]#N)c1N1CCOCC1.F[B-](F)(F)F. The van der Waals surface area contributed by atoms with Gasteiger partial charge in [-0.15, -0.1) is 0 Å². The van der Waals surface area contributed by atoms with E-state index < -0.39 is 7.25 Å². The highest BCUT2D eigenvalue weighted by molar-refractivity contribution is 6.50. The molecule has 0 bridgehead atoms. The van der Waals surface area contributed by atoms with Crippen LogP contribution in [0.3, 0.4) is 0 Å². The molecule has 1 saturated heterocycles. The lowest BCUT2D eigenvalue weighted by Gasteiger charge is -2.28. The summed E-state index contributed by atoms with van der Waals surface area (Å²) < 4.78 is 49.6. The van der Waals surface area contributed by atoms with E-state index in [1.165, 1.54) is 0 Å². The van der Waals surface area contributed by atoms with E-state index in [-0.39, 0.29) is 0 Å². The van der Waals surface area contributed by atoms with Gasteiger partial charge in [0.1, 0.15) is 0 Å². The first-order valence-electron chi connectivity index (χ1n) is 6.09. The standard InChI is InChI=1S/C11H14N3O2.BF4/c1-15-10-4-2-3-9(13-12)11(10)14-5-7-16-8-6-14;2-1(3,4)5/h2-4H,5-8H2,1H3;/q+1;-1. The lowest BCUT2D eigenvalue weighted by molar-refractivity contribution is 0.122. The van der Waals surface area contributed by atoms with E-state index in [2.05, 4.69) is 9.88 Å². The van der Waals surface area contributed by atoms with Crippen molar-refractivity contribution < 1.29 is 26.7 Å². The van der Waals surface area contributed by atoms with Crippen molar-refractivity contribution in [2.75, 3.05) is 38.3 Å². The number of ether oxygens (including phenoxy) is 2. The maximum absolute atomic E-state index is 9.75. The first-order chi connectivity index (χ1) is 9.86. The van der Waals surface area contributed by atoms with Gasteiger partial charge < -0.3 is 31.6 Å². The molecular weight excluding hydrogens is 293 g/mol. The van der Waals surface area contributed by atoms with Crippen LogP contribution in [0.1, 0.15) is 0 Å². The van der Waals surface area contributed by atoms with Gasteiger partial charge >= 0.3 is 12.9 Å². The summed E-state index contributed by atoms with van der Waals surface area (Å²) >= 11 is 0. The molecule has 0 spiro atoms. The Hall–Kier alpha value is -2.02. The number of diazo groups is 1. The average molecular weight is 307 g/mol. The van der Waals surface area contributed by atoms with Gasteiger partial charge in [-0.1, -0.05) is 6.07 Å². The zero-order chi connectivity index (χ0) is 15.9. The fraction of sp³-hybridized carbons (Fsp3) is 0.455. The van der Waals surface area contributed by atoms with Gasteiger partial charge in [0.05, 0.1) is 20.3 Å². The summed E-state index contributed by atoms with van der Waals surface area (Å²) in [5, 5.41) is 8.98. The van der Waals surface area contributed by atoms with Crippen LogP contribution in [-0.2, 0) is 4.74 Å². The van der Waals surface area contributed by atoms with Crippen molar-refractivity contribution in [1.82, 2.24) is 0 Å². The van der Waals surface area contributed by atoms with Gasteiger partial charge in [-0.05, 0) is 6.07 Å². The summed E-state index contributed by atoms with van der Waals surface area (Å²) in [7, 11) is -4.39. The number of para-hydroxylation sites is 1. The number of rotatable bonds is 2. The molecule has 1 aromatic rings. The third-order valence-corrected chi connectivity index (χ3v) is 2.63. The van der Waals surface area contributed by atoms with Crippen LogP contribution >= 0.6 is 0 Å². The maximum Gasteiger partial charge on any atom is 0.673 e. The highest BCUT2D eigenvalue weighted by Gasteiger charge is 2.25. The van der Waals surface area contributed by atoms with E-state index in [1.807, 2.05) is 6.07 Å². The first-order valence-corrected chi connectivity index (χ1v) is 6.09. The molecule has 1 aromatic carbocycles. The molecule has 0 aromatic heterocycles. The number of hydrogen-bond acceptors (Lipinski definition) is 4. The van der Waals surface area contributed by atoms with Crippen molar-refractivity contribution in [3.8, 4) is 5.75 Å². The Bertz CT molecular complexity index is 495. The molecule has 21 heavy (non-hydrogen) atoms. The normalized spacial score (nSPS) is 14.8. The number of anilines is 1. The van der Waals surface area contributed by atoms with E-state index >= 15 is 0 Å². The summed E-state index contributed by atoms with van der Waals surface area (Å²) in [6.45, 7) is 2.93. The molecule has 2 rings (SSSR count). The van der Waals surface area contributed by atoms with E-state index in [0.29, 0.717) is 18.9 Å². The molecule has 1 aliphatic heterocycles.